The lowest BCUT2D eigenvalue weighted by atomic mass is 10.0. The lowest BCUT2D eigenvalue weighted by Crippen LogP contribution is -2.41. The molecule has 0 bridgehead atoms. The normalized spacial score (nSPS) is 20.2. The van der Waals surface area contributed by atoms with Crippen molar-refractivity contribution in [1.82, 2.24) is 25.1 Å². The third kappa shape index (κ3) is 5.01. The van der Waals surface area contributed by atoms with Crippen LogP contribution in [-0.2, 0) is 27.3 Å². The number of aromatic nitrogens is 2. The molecule has 0 radical (unpaired) electrons. The van der Waals surface area contributed by atoms with Gasteiger partial charge in [-0.3, -0.25) is 14.5 Å². The van der Waals surface area contributed by atoms with Gasteiger partial charge in [0, 0.05) is 64.1 Å². The second-order valence-electron chi connectivity index (χ2n) is 7.23. The van der Waals surface area contributed by atoms with Crippen LogP contribution in [-0.4, -0.2) is 71.5 Å². The Labute approximate surface area is 160 Å². The number of amides is 2. The number of nitrogens with zero attached hydrogens (tertiary/aromatic N) is 4. The van der Waals surface area contributed by atoms with Gasteiger partial charge in [-0.15, -0.1) is 0 Å². The molecule has 27 heavy (non-hydrogen) atoms. The average molecular weight is 375 g/mol. The van der Waals surface area contributed by atoms with Gasteiger partial charge in [-0.05, 0) is 19.3 Å². The van der Waals surface area contributed by atoms with E-state index in [1.165, 1.54) is 0 Å². The third-order valence-corrected chi connectivity index (χ3v) is 5.23. The SMILES string of the molecule is COCCNC(=O)CN1CCc2nc(C3CCCCN3C(C)=O)ncc2C1. The predicted octanol–water partition coefficient (Wildman–Crippen LogP) is 0.671. The van der Waals surface area contributed by atoms with Crippen molar-refractivity contribution in [2.45, 2.75) is 45.2 Å². The molecule has 3 heterocycles. The van der Waals surface area contributed by atoms with E-state index in [0.717, 1.165) is 55.9 Å². The zero-order chi connectivity index (χ0) is 19.2. The van der Waals surface area contributed by atoms with Crippen LogP contribution >= 0.6 is 0 Å². The second kappa shape index (κ2) is 9.23. The van der Waals surface area contributed by atoms with Crippen molar-refractivity contribution in [1.29, 1.82) is 0 Å². The topological polar surface area (TPSA) is 87.7 Å². The monoisotopic (exact) mass is 375 g/mol. The lowest BCUT2D eigenvalue weighted by molar-refractivity contribution is -0.132. The minimum Gasteiger partial charge on any atom is -0.383 e. The van der Waals surface area contributed by atoms with Gasteiger partial charge in [0.1, 0.15) is 0 Å². The smallest absolute Gasteiger partial charge is 0.234 e. The fourth-order valence-electron chi connectivity index (χ4n) is 3.81. The zero-order valence-corrected chi connectivity index (χ0v) is 16.2. The number of ether oxygens (including phenoxy) is 1. The molecule has 2 aliphatic rings. The van der Waals surface area contributed by atoms with Gasteiger partial charge < -0.3 is 15.0 Å². The van der Waals surface area contributed by atoms with Crippen LogP contribution in [0.1, 0.15) is 49.3 Å². The molecule has 8 heteroatoms. The summed E-state index contributed by atoms with van der Waals surface area (Å²) in [6.07, 6.45) is 5.73. The fourth-order valence-corrected chi connectivity index (χ4v) is 3.81. The molecule has 8 nitrogen and oxygen atoms in total. The van der Waals surface area contributed by atoms with Gasteiger partial charge in [-0.25, -0.2) is 9.97 Å². The Bertz CT molecular complexity index is 681. The molecular weight excluding hydrogens is 346 g/mol. The predicted molar refractivity (Wildman–Crippen MR) is 99.9 cm³/mol. The van der Waals surface area contributed by atoms with E-state index in [0.29, 0.717) is 26.2 Å². The second-order valence-corrected chi connectivity index (χ2v) is 7.23. The van der Waals surface area contributed by atoms with Gasteiger partial charge in [-0.1, -0.05) is 0 Å². The number of rotatable bonds is 6. The molecule has 1 aromatic heterocycles. The first-order valence-electron chi connectivity index (χ1n) is 9.68. The molecule has 2 amide bonds. The summed E-state index contributed by atoms with van der Waals surface area (Å²) >= 11 is 0. The third-order valence-electron chi connectivity index (χ3n) is 5.23. The van der Waals surface area contributed by atoms with Gasteiger partial charge in [0.15, 0.2) is 5.82 Å². The summed E-state index contributed by atoms with van der Waals surface area (Å²) < 4.78 is 4.94. The summed E-state index contributed by atoms with van der Waals surface area (Å²) in [6, 6.07) is -0.00820. The van der Waals surface area contributed by atoms with Gasteiger partial charge in [0.05, 0.1) is 19.2 Å². The number of methoxy groups -OCH3 is 1. The number of nitrogens with one attached hydrogen (secondary N) is 1. The first kappa shape index (κ1) is 19.7. The van der Waals surface area contributed by atoms with E-state index < -0.39 is 0 Å². The maximum Gasteiger partial charge on any atom is 0.234 e. The molecule has 0 saturated carbocycles. The van der Waals surface area contributed by atoms with Gasteiger partial charge >= 0.3 is 0 Å². The Morgan fingerprint density at radius 1 is 1.33 bits per heavy atom. The van der Waals surface area contributed by atoms with Crippen LogP contribution in [0.4, 0.5) is 0 Å². The number of hydrogen-bond donors (Lipinski definition) is 1. The van der Waals surface area contributed by atoms with Crippen molar-refractivity contribution in [3.8, 4) is 0 Å². The number of fused-ring (bicyclic) bond motifs is 1. The molecular formula is C19H29N5O3. The average Bonchev–Trinajstić information content (AvgIpc) is 2.67. The number of likely N-dealkylation sites (tertiary alicyclic amines) is 1. The van der Waals surface area contributed by atoms with Crippen LogP contribution in [0.15, 0.2) is 6.20 Å². The molecule has 148 valence electrons. The number of carbonyl (C=O) groups excluding carboxylic acids is 2. The first-order valence-corrected chi connectivity index (χ1v) is 9.68. The summed E-state index contributed by atoms with van der Waals surface area (Å²) in [5.41, 5.74) is 2.12. The molecule has 3 rings (SSSR count). The zero-order valence-electron chi connectivity index (χ0n) is 16.2. The largest absolute Gasteiger partial charge is 0.383 e. The van der Waals surface area contributed by atoms with Crippen LogP contribution in [0.5, 0.6) is 0 Å². The molecule has 0 aromatic carbocycles. The highest BCUT2D eigenvalue weighted by atomic mass is 16.5. The molecule has 1 N–H and O–H groups in total. The molecule has 1 atom stereocenters. The van der Waals surface area contributed by atoms with Gasteiger partial charge in [-0.2, -0.15) is 0 Å². The molecule has 1 aromatic rings. The van der Waals surface area contributed by atoms with E-state index in [4.69, 9.17) is 9.72 Å². The van der Waals surface area contributed by atoms with Crippen molar-refractivity contribution >= 4 is 11.8 Å². The summed E-state index contributed by atoms with van der Waals surface area (Å²) in [4.78, 5) is 37.3. The maximum atomic E-state index is 12.0. The Morgan fingerprint density at radius 2 is 2.19 bits per heavy atom. The molecule has 0 aliphatic carbocycles. The summed E-state index contributed by atoms with van der Waals surface area (Å²) in [5, 5.41) is 2.85. The number of carbonyl (C=O) groups is 2. The minimum absolute atomic E-state index is 0.00680. The van der Waals surface area contributed by atoms with Crippen LogP contribution in [0.2, 0.25) is 0 Å². The number of piperidine rings is 1. The molecule has 1 saturated heterocycles. The Morgan fingerprint density at radius 3 is 2.96 bits per heavy atom. The lowest BCUT2D eigenvalue weighted by Gasteiger charge is -2.34. The van der Waals surface area contributed by atoms with Gasteiger partial charge in [0.25, 0.3) is 0 Å². The van der Waals surface area contributed by atoms with E-state index in [9.17, 15) is 9.59 Å². The fraction of sp³-hybridized carbons (Fsp3) is 0.684. The van der Waals surface area contributed by atoms with Crippen LogP contribution in [0, 0.1) is 0 Å². The van der Waals surface area contributed by atoms with Crippen LogP contribution in [0.25, 0.3) is 0 Å². The van der Waals surface area contributed by atoms with Gasteiger partial charge in [0.2, 0.25) is 11.8 Å². The van der Waals surface area contributed by atoms with Crippen molar-refractivity contribution in [2.75, 3.05) is 39.9 Å². The molecule has 1 unspecified atom stereocenters. The van der Waals surface area contributed by atoms with Crippen molar-refractivity contribution in [3.63, 3.8) is 0 Å². The van der Waals surface area contributed by atoms with E-state index in [1.807, 2.05) is 11.1 Å². The summed E-state index contributed by atoms with van der Waals surface area (Å²) in [5.74, 6) is 0.855. The highest BCUT2D eigenvalue weighted by molar-refractivity contribution is 5.78. The summed E-state index contributed by atoms with van der Waals surface area (Å²) in [6.45, 7) is 5.28. The van der Waals surface area contributed by atoms with E-state index in [-0.39, 0.29) is 17.9 Å². The van der Waals surface area contributed by atoms with E-state index >= 15 is 0 Å². The molecule has 2 aliphatic heterocycles. The quantitative estimate of drug-likeness (QED) is 0.736. The van der Waals surface area contributed by atoms with Crippen LogP contribution in [0.3, 0.4) is 0 Å². The van der Waals surface area contributed by atoms with E-state index in [2.05, 4.69) is 15.2 Å². The van der Waals surface area contributed by atoms with E-state index in [1.54, 1.807) is 14.0 Å². The maximum absolute atomic E-state index is 12.0. The Hall–Kier alpha value is -2.06. The number of hydrogen-bond acceptors (Lipinski definition) is 6. The molecule has 1 fully saturated rings. The minimum atomic E-state index is -0.00820. The first-order chi connectivity index (χ1) is 13.1. The standard InChI is InChI=1S/C19H29N5O3/c1-14(25)24-8-4-3-5-17(24)19-21-11-15-12-23(9-6-16(15)22-19)13-18(26)20-7-10-27-2/h11,17H,3-10,12-13H2,1-2H3,(H,20,26). The Balaban J connectivity index is 1.62. The highest BCUT2D eigenvalue weighted by Crippen LogP contribution is 2.29. The highest BCUT2D eigenvalue weighted by Gasteiger charge is 2.29. The van der Waals surface area contributed by atoms with Crippen molar-refractivity contribution in [3.05, 3.63) is 23.3 Å². The summed E-state index contributed by atoms with van der Waals surface area (Å²) in [7, 11) is 1.62. The molecule has 0 spiro atoms. The van der Waals surface area contributed by atoms with Crippen LogP contribution < -0.4 is 5.32 Å². The van der Waals surface area contributed by atoms with Crippen molar-refractivity contribution in [2.24, 2.45) is 0 Å². The van der Waals surface area contributed by atoms with Crippen molar-refractivity contribution < 1.29 is 14.3 Å². The Kier molecular flexibility index (Phi) is 6.73.